The van der Waals surface area contributed by atoms with Gasteiger partial charge in [0, 0.05) is 16.4 Å². The predicted molar refractivity (Wildman–Crippen MR) is 89.1 cm³/mol. The van der Waals surface area contributed by atoms with Gasteiger partial charge >= 0.3 is 12.1 Å². The van der Waals surface area contributed by atoms with Gasteiger partial charge in [-0.25, -0.2) is 0 Å². The monoisotopic (exact) mass is 433 g/mol. The number of benzene rings is 1. The van der Waals surface area contributed by atoms with E-state index in [1.54, 1.807) is 6.07 Å². The van der Waals surface area contributed by atoms with Gasteiger partial charge in [0.1, 0.15) is 6.54 Å². The molecule has 26 heavy (non-hydrogen) atoms. The van der Waals surface area contributed by atoms with Crippen molar-refractivity contribution in [3.05, 3.63) is 27.9 Å². The molecule has 1 atom stereocenters. The van der Waals surface area contributed by atoms with Gasteiger partial charge in [-0.3, -0.25) is 14.7 Å². The van der Waals surface area contributed by atoms with Crippen molar-refractivity contribution < 1.29 is 27.5 Å². The average Bonchev–Trinajstić information content (AvgIpc) is 3.00. The Morgan fingerprint density at radius 1 is 1.50 bits per heavy atom. The van der Waals surface area contributed by atoms with Crippen LogP contribution >= 0.6 is 15.9 Å². The molecule has 1 N–H and O–H groups in total. The summed E-state index contributed by atoms with van der Waals surface area (Å²) in [6, 6.07) is 1.75. The summed E-state index contributed by atoms with van der Waals surface area (Å²) in [7, 11) is 1.18. The molecule has 140 valence electrons. The maximum absolute atomic E-state index is 13.0. The van der Waals surface area contributed by atoms with Gasteiger partial charge in [0.25, 0.3) is 0 Å². The van der Waals surface area contributed by atoms with Crippen LogP contribution in [-0.2, 0) is 27.3 Å². The summed E-state index contributed by atoms with van der Waals surface area (Å²) < 4.78 is 44.2. The van der Waals surface area contributed by atoms with Crippen LogP contribution in [0, 0.1) is 5.92 Å². The first-order chi connectivity index (χ1) is 12.2. The van der Waals surface area contributed by atoms with Crippen LogP contribution in [0.15, 0.2) is 16.7 Å². The molecule has 0 bridgehead atoms. The lowest BCUT2D eigenvalue weighted by Crippen LogP contribution is -2.41. The van der Waals surface area contributed by atoms with E-state index in [1.807, 2.05) is 0 Å². The second-order valence-corrected chi connectivity index (χ2v) is 7.00. The predicted octanol–water partition coefficient (Wildman–Crippen LogP) is 2.95. The number of aromatic nitrogens is 2. The van der Waals surface area contributed by atoms with Gasteiger partial charge in [0.05, 0.1) is 31.2 Å². The lowest BCUT2D eigenvalue weighted by Gasteiger charge is -2.25. The number of nitrogens with one attached hydrogen (secondary N) is 1. The fourth-order valence-corrected chi connectivity index (χ4v) is 3.80. The highest BCUT2D eigenvalue weighted by Crippen LogP contribution is 2.35. The molecular weight excluding hydrogens is 419 g/mol. The summed E-state index contributed by atoms with van der Waals surface area (Å²) >= 11 is 3.40. The zero-order chi connectivity index (χ0) is 19.1. The van der Waals surface area contributed by atoms with Gasteiger partial charge in [-0.1, -0.05) is 0 Å². The highest BCUT2D eigenvalue weighted by atomic mass is 79.9. The molecule has 0 saturated carbocycles. The van der Waals surface area contributed by atoms with E-state index < -0.39 is 30.5 Å². The third-order valence-electron chi connectivity index (χ3n) is 4.38. The second kappa shape index (κ2) is 6.90. The number of H-pyrrole nitrogens is 1. The van der Waals surface area contributed by atoms with Gasteiger partial charge in [-0.05, 0) is 39.5 Å². The Kier molecular flexibility index (Phi) is 4.96. The van der Waals surface area contributed by atoms with Crippen LogP contribution in [0.1, 0.15) is 17.5 Å². The minimum Gasteiger partial charge on any atom is -0.469 e. The number of carbonyl (C=O) groups excluding carboxylic acids is 2. The standard InChI is InChI=1S/C16H15BrF3N3O3/c1-26-13(24)4-9-2-8-3-12(17)14-10(5-21-22-14)11(8)6-23(15(9)25)7-16(18,19)20/h3,5,9H,2,4,6-7H2,1H3,(H,21,22)/t9-/m0/s1. The van der Waals surface area contributed by atoms with E-state index in [-0.39, 0.29) is 19.4 Å². The van der Waals surface area contributed by atoms with Crippen molar-refractivity contribution in [2.45, 2.75) is 25.6 Å². The number of aromatic amines is 1. The van der Waals surface area contributed by atoms with Crippen molar-refractivity contribution in [1.82, 2.24) is 15.1 Å². The molecule has 0 radical (unpaired) electrons. The number of hydrogen-bond acceptors (Lipinski definition) is 4. The number of alkyl halides is 3. The summed E-state index contributed by atoms with van der Waals surface area (Å²) in [4.78, 5) is 25.1. The number of fused-ring (bicyclic) bond motifs is 3. The Labute approximate surface area is 154 Å². The van der Waals surface area contributed by atoms with Crippen molar-refractivity contribution in [3.63, 3.8) is 0 Å². The molecule has 1 aliphatic rings. The minimum absolute atomic E-state index is 0.150. The number of methoxy groups -OCH3 is 1. The third kappa shape index (κ3) is 3.69. The molecule has 0 unspecified atom stereocenters. The van der Waals surface area contributed by atoms with Gasteiger partial charge in [0.2, 0.25) is 5.91 Å². The average molecular weight is 434 g/mol. The van der Waals surface area contributed by atoms with Crippen LogP contribution in [-0.4, -0.2) is 46.8 Å². The molecule has 0 aliphatic carbocycles. The van der Waals surface area contributed by atoms with Crippen molar-refractivity contribution in [1.29, 1.82) is 0 Å². The van der Waals surface area contributed by atoms with Crippen molar-refractivity contribution in [3.8, 4) is 0 Å². The molecule has 1 aromatic carbocycles. The molecule has 0 saturated heterocycles. The SMILES string of the molecule is COC(=O)C[C@@H]1Cc2cc(Br)c3[nH]ncc3c2CN(CC(F)(F)F)C1=O. The number of carbonyl (C=O) groups is 2. The van der Waals surface area contributed by atoms with Gasteiger partial charge in [0.15, 0.2) is 0 Å². The Bertz CT molecular complexity index is 866. The smallest absolute Gasteiger partial charge is 0.406 e. The quantitative estimate of drug-likeness (QED) is 0.755. The second-order valence-electron chi connectivity index (χ2n) is 6.15. The number of rotatable bonds is 3. The van der Waals surface area contributed by atoms with Crippen LogP contribution in [0.5, 0.6) is 0 Å². The normalized spacial score (nSPS) is 18.0. The number of esters is 1. The number of hydrogen-bond donors (Lipinski definition) is 1. The van der Waals surface area contributed by atoms with Gasteiger partial charge in [-0.15, -0.1) is 0 Å². The first-order valence-corrected chi connectivity index (χ1v) is 8.54. The van der Waals surface area contributed by atoms with Gasteiger partial charge in [-0.2, -0.15) is 18.3 Å². The summed E-state index contributed by atoms with van der Waals surface area (Å²) in [5.74, 6) is -2.26. The van der Waals surface area contributed by atoms with Crippen LogP contribution < -0.4 is 0 Å². The van der Waals surface area contributed by atoms with Crippen LogP contribution in [0.2, 0.25) is 0 Å². The molecule has 10 heteroatoms. The lowest BCUT2D eigenvalue weighted by molar-refractivity contribution is -0.165. The van der Waals surface area contributed by atoms with Crippen molar-refractivity contribution in [2.75, 3.05) is 13.7 Å². The Morgan fingerprint density at radius 3 is 2.88 bits per heavy atom. The van der Waals surface area contributed by atoms with Gasteiger partial charge < -0.3 is 9.64 Å². The Balaban J connectivity index is 2.08. The van der Waals surface area contributed by atoms with Crippen LogP contribution in [0.25, 0.3) is 10.9 Å². The molecule has 1 amide bonds. The number of nitrogens with zero attached hydrogens (tertiary/aromatic N) is 2. The minimum atomic E-state index is -4.54. The van der Waals surface area contributed by atoms with E-state index >= 15 is 0 Å². The zero-order valence-corrected chi connectivity index (χ0v) is 15.3. The summed E-state index contributed by atoms with van der Waals surface area (Å²) in [5.41, 5.74) is 1.95. The van der Waals surface area contributed by atoms with E-state index in [2.05, 4.69) is 30.9 Å². The maximum Gasteiger partial charge on any atom is 0.406 e. The van der Waals surface area contributed by atoms with E-state index in [0.717, 1.165) is 4.90 Å². The topological polar surface area (TPSA) is 75.3 Å². The Hall–Kier alpha value is -2.10. The summed E-state index contributed by atoms with van der Waals surface area (Å²) in [6.07, 6.45) is -3.14. The summed E-state index contributed by atoms with van der Waals surface area (Å²) in [5, 5.41) is 7.38. The third-order valence-corrected chi connectivity index (χ3v) is 5.00. The number of amides is 1. The van der Waals surface area contributed by atoms with E-state index in [9.17, 15) is 22.8 Å². The van der Waals surface area contributed by atoms with Crippen molar-refractivity contribution in [2.24, 2.45) is 5.92 Å². The number of ether oxygens (including phenoxy) is 1. The zero-order valence-electron chi connectivity index (χ0n) is 13.7. The van der Waals surface area contributed by atoms with E-state index in [4.69, 9.17) is 0 Å². The molecule has 6 nitrogen and oxygen atoms in total. The summed E-state index contributed by atoms with van der Waals surface area (Å²) in [6.45, 7) is -1.58. The highest BCUT2D eigenvalue weighted by molar-refractivity contribution is 9.10. The molecular formula is C16H15BrF3N3O3. The highest BCUT2D eigenvalue weighted by Gasteiger charge is 2.39. The first kappa shape index (κ1) is 18.7. The fourth-order valence-electron chi connectivity index (χ4n) is 3.23. The van der Waals surface area contributed by atoms with Crippen LogP contribution in [0.3, 0.4) is 0 Å². The van der Waals surface area contributed by atoms with Crippen molar-refractivity contribution >= 4 is 38.7 Å². The molecule has 2 heterocycles. The molecule has 1 aliphatic heterocycles. The van der Waals surface area contributed by atoms with Crippen LogP contribution in [0.4, 0.5) is 13.2 Å². The fraction of sp³-hybridized carbons (Fsp3) is 0.438. The first-order valence-electron chi connectivity index (χ1n) is 7.75. The Morgan fingerprint density at radius 2 is 2.23 bits per heavy atom. The number of halogens is 4. The van der Waals surface area contributed by atoms with E-state index in [0.29, 0.717) is 26.5 Å². The molecule has 0 spiro atoms. The molecule has 0 fully saturated rings. The molecule has 1 aromatic heterocycles. The molecule has 2 aromatic rings. The largest absolute Gasteiger partial charge is 0.469 e. The maximum atomic E-state index is 13.0. The van der Waals surface area contributed by atoms with E-state index in [1.165, 1.54) is 13.3 Å². The molecule has 3 rings (SSSR count). The lowest BCUT2D eigenvalue weighted by atomic mass is 9.93.